The first kappa shape index (κ1) is 10.2. The quantitative estimate of drug-likeness (QED) is 0.795. The number of carbonyl (C=O) groups excluding carboxylic acids is 1. The van der Waals surface area contributed by atoms with Gasteiger partial charge in [-0.15, -0.1) is 0 Å². The zero-order valence-electron chi connectivity index (χ0n) is 9.03. The summed E-state index contributed by atoms with van der Waals surface area (Å²) in [6, 6.07) is 5.82. The van der Waals surface area contributed by atoms with Gasteiger partial charge >= 0.3 is 0 Å². The number of rotatable bonds is 2. The molecule has 0 fully saturated rings. The van der Waals surface area contributed by atoms with E-state index in [1.165, 1.54) is 0 Å². The Hall–Kier alpha value is -1.35. The Bertz CT molecular complexity index is 399. The molecule has 0 spiro atoms. The molecule has 1 aromatic carbocycles. The Morgan fingerprint density at radius 3 is 2.80 bits per heavy atom. The number of hydrogen-bond donors (Lipinski definition) is 1. The van der Waals surface area contributed by atoms with Gasteiger partial charge in [0, 0.05) is 18.2 Å². The number of aliphatic hydroxyl groups excluding tert-OH is 1. The van der Waals surface area contributed by atoms with Crippen LogP contribution in [0.1, 0.15) is 35.3 Å². The Morgan fingerprint density at radius 1 is 1.47 bits per heavy atom. The molecule has 0 atom stereocenters. The molecule has 1 aliphatic heterocycles. The summed E-state index contributed by atoms with van der Waals surface area (Å²) >= 11 is 0. The van der Waals surface area contributed by atoms with E-state index in [9.17, 15) is 4.79 Å². The molecule has 0 bridgehead atoms. The normalized spacial score (nSPS) is 14.9. The molecule has 0 unspecified atom stereocenters. The zero-order chi connectivity index (χ0) is 11.0. The number of amides is 1. The lowest BCUT2D eigenvalue weighted by Gasteiger charge is -2.19. The minimum absolute atomic E-state index is 0.0117. The maximum atomic E-state index is 12.0. The fraction of sp³-hybridized carbons (Fsp3) is 0.417. The highest BCUT2D eigenvalue weighted by Crippen LogP contribution is 2.25. The van der Waals surface area contributed by atoms with Crippen LogP contribution in [0.2, 0.25) is 0 Å². The summed E-state index contributed by atoms with van der Waals surface area (Å²) in [4.78, 5) is 13.8. The van der Waals surface area contributed by atoms with Crippen molar-refractivity contribution in [2.75, 3.05) is 0 Å². The van der Waals surface area contributed by atoms with Crippen molar-refractivity contribution < 1.29 is 9.90 Å². The average Bonchev–Trinajstić information content (AvgIpc) is 2.56. The smallest absolute Gasteiger partial charge is 0.254 e. The van der Waals surface area contributed by atoms with E-state index in [4.69, 9.17) is 5.11 Å². The van der Waals surface area contributed by atoms with Crippen LogP contribution >= 0.6 is 0 Å². The first-order chi connectivity index (χ1) is 7.13. The highest BCUT2D eigenvalue weighted by atomic mass is 16.3. The van der Waals surface area contributed by atoms with E-state index in [1.807, 2.05) is 30.9 Å². The van der Waals surface area contributed by atoms with Gasteiger partial charge in [-0.05, 0) is 31.0 Å². The first-order valence-electron chi connectivity index (χ1n) is 5.17. The monoisotopic (exact) mass is 205 g/mol. The van der Waals surface area contributed by atoms with Gasteiger partial charge in [-0.3, -0.25) is 4.79 Å². The zero-order valence-corrected chi connectivity index (χ0v) is 9.03. The lowest BCUT2D eigenvalue weighted by Crippen LogP contribution is -2.30. The molecule has 1 amide bonds. The second-order valence-corrected chi connectivity index (χ2v) is 4.18. The highest BCUT2D eigenvalue weighted by molar-refractivity contribution is 5.98. The Kier molecular flexibility index (Phi) is 2.49. The van der Waals surface area contributed by atoms with E-state index in [0.717, 1.165) is 16.7 Å². The number of carbonyl (C=O) groups is 1. The van der Waals surface area contributed by atoms with E-state index >= 15 is 0 Å². The van der Waals surface area contributed by atoms with Crippen LogP contribution in [-0.2, 0) is 13.2 Å². The number of aliphatic hydroxyl groups is 1. The van der Waals surface area contributed by atoms with E-state index in [0.29, 0.717) is 6.54 Å². The van der Waals surface area contributed by atoms with Gasteiger partial charge in [0.1, 0.15) is 0 Å². The molecular weight excluding hydrogens is 190 g/mol. The summed E-state index contributed by atoms with van der Waals surface area (Å²) in [6.45, 7) is 4.70. The van der Waals surface area contributed by atoms with Crippen LogP contribution in [-0.4, -0.2) is 22.0 Å². The predicted molar refractivity (Wildman–Crippen MR) is 57.4 cm³/mol. The molecule has 0 saturated heterocycles. The first-order valence-corrected chi connectivity index (χ1v) is 5.17. The number of fused-ring (bicyclic) bond motifs is 1. The molecule has 3 heteroatoms. The molecule has 0 aliphatic carbocycles. The summed E-state index contributed by atoms with van der Waals surface area (Å²) in [5.74, 6) is 0.0790. The van der Waals surface area contributed by atoms with Gasteiger partial charge in [0.25, 0.3) is 5.91 Å². The van der Waals surface area contributed by atoms with Crippen molar-refractivity contribution in [2.24, 2.45) is 0 Å². The fourth-order valence-electron chi connectivity index (χ4n) is 1.89. The molecule has 1 N–H and O–H groups in total. The third kappa shape index (κ3) is 1.63. The van der Waals surface area contributed by atoms with Crippen LogP contribution in [0.25, 0.3) is 0 Å². The van der Waals surface area contributed by atoms with Crippen molar-refractivity contribution in [2.45, 2.75) is 33.0 Å². The SMILES string of the molecule is CC(C)N1Cc2ccc(CO)cc2C1=O. The summed E-state index contributed by atoms with van der Waals surface area (Å²) in [7, 11) is 0. The number of nitrogens with zero attached hydrogens (tertiary/aromatic N) is 1. The minimum Gasteiger partial charge on any atom is -0.392 e. The minimum atomic E-state index is -0.0117. The fourth-order valence-corrected chi connectivity index (χ4v) is 1.89. The molecular formula is C12H15NO2. The molecule has 1 aromatic rings. The molecule has 0 aromatic heterocycles. The molecule has 80 valence electrons. The lowest BCUT2D eigenvalue weighted by atomic mass is 10.1. The van der Waals surface area contributed by atoms with Gasteiger partial charge < -0.3 is 10.0 Å². The molecule has 0 radical (unpaired) electrons. The standard InChI is InChI=1S/C12H15NO2/c1-8(2)13-6-10-4-3-9(7-14)5-11(10)12(13)15/h3-5,8,14H,6-7H2,1-2H3. The van der Waals surface area contributed by atoms with Crippen molar-refractivity contribution in [3.05, 3.63) is 34.9 Å². The van der Waals surface area contributed by atoms with Crippen molar-refractivity contribution in [3.8, 4) is 0 Å². The number of hydrogen-bond acceptors (Lipinski definition) is 2. The van der Waals surface area contributed by atoms with Crippen LogP contribution in [0.4, 0.5) is 0 Å². The van der Waals surface area contributed by atoms with Gasteiger partial charge in [0.15, 0.2) is 0 Å². The van der Waals surface area contributed by atoms with Gasteiger partial charge in [0.2, 0.25) is 0 Å². The van der Waals surface area contributed by atoms with Crippen LogP contribution in [0.15, 0.2) is 18.2 Å². The van der Waals surface area contributed by atoms with Crippen molar-refractivity contribution in [3.63, 3.8) is 0 Å². The van der Waals surface area contributed by atoms with Gasteiger partial charge in [0.05, 0.1) is 6.61 Å². The molecule has 1 aliphatic rings. The van der Waals surface area contributed by atoms with Crippen LogP contribution < -0.4 is 0 Å². The Balaban J connectivity index is 2.38. The maximum Gasteiger partial charge on any atom is 0.254 e. The van der Waals surface area contributed by atoms with E-state index in [1.54, 1.807) is 6.07 Å². The molecule has 1 heterocycles. The molecule has 15 heavy (non-hydrogen) atoms. The summed E-state index contributed by atoms with van der Waals surface area (Å²) in [5.41, 5.74) is 2.61. The summed E-state index contributed by atoms with van der Waals surface area (Å²) in [5, 5.41) is 9.01. The topological polar surface area (TPSA) is 40.5 Å². The summed E-state index contributed by atoms with van der Waals surface area (Å²) < 4.78 is 0. The van der Waals surface area contributed by atoms with Gasteiger partial charge in [-0.25, -0.2) is 0 Å². The van der Waals surface area contributed by atoms with E-state index in [-0.39, 0.29) is 18.6 Å². The average molecular weight is 205 g/mol. The number of benzene rings is 1. The van der Waals surface area contributed by atoms with E-state index < -0.39 is 0 Å². The van der Waals surface area contributed by atoms with E-state index in [2.05, 4.69) is 0 Å². The molecule has 3 nitrogen and oxygen atoms in total. The van der Waals surface area contributed by atoms with Gasteiger partial charge in [-0.1, -0.05) is 12.1 Å². The third-order valence-electron chi connectivity index (χ3n) is 2.81. The second-order valence-electron chi connectivity index (χ2n) is 4.18. The van der Waals surface area contributed by atoms with Gasteiger partial charge in [-0.2, -0.15) is 0 Å². The van der Waals surface area contributed by atoms with Crippen molar-refractivity contribution in [1.29, 1.82) is 0 Å². The Labute approximate surface area is 89.3 Å². The third-order valence-corrected chi connectivity index (χ3v) is 2.81. The largest absolute Gasteiger partial charge is 0.392 e. The van der Waals surface area contributed by atoms with Crippen molar-refractivity contribution >= 4 is 5.91 Å². The molecule has 2 rings (SSSR count). The second kappa shape index (κ2) is 3.66. The lowest BCUT2D eigenvalue weighted by molar-refractivity contribution is 0.0730. The summed E-state index contributed by atoms with van der Waals surface area (Å²) in [6.07, 6.45) is 0. The highest BCUT2D eigenvalue weighted by Gasteiger charge is 2.28. The van der Waals surface area contributed by atoms with Crippen LogP contribution in [0.3, 0.4) is 0 Å². The molecule has 0 saturated carbocycles. The predicted octanol–water partition coefficient (Wildman–Crippen LogP) is 1.54. The maximum absolute atomic E-state index is 12.0. The van der Waals surface area contributed by atoms with Crippen molar-refractivity contribution in [1.82, 2.24) is 4.90 Å². The Morgan fingerprint density at radius 2 is 2.20 bits per heavy atom. The van der Waals surface area contributed by atoms with Crippen LogP contribution in [0.5, 0.6) is 0 Å². The van der Waals surface area contributed by atoms with Crippen LogP contribution in [0, 0.1) is 0 Å².